The first kappa shape index (κ1) is 41.6. The Hall–Kier alpha value is -2.40. The molecule has 0 radical (unpaired) electrons. The molecular weight excluding hydrogens is 548 g/mol. The predicted molar refractivity (Wildman–Crippen MR) is 187 cm³/mol. The summed E-state index contributed by atoms with van der Waals surface area (Å²) in [6.45, 7) is 4.12. The van der Waals surface area contributed by atoms with E-state index in [4.69, 9.17) is 9.47 Å². The topological polar surface area (TPSA) is 72.8 Å². The first-order valence-corrected chi connectivity index (χ1v) is 17.8. The fraction of sp³-hybridized carbons (Fsp3) is 0.692. The van der Waals surface area contributed by atoms with Crippen LogP contribution in [-0.4, -0.2) is 36.4 Å². The normalized spacial score (nSPS) is 12.9. The molecule has 0 aromatic rings. The Bertz CT molecular complexity index is 792. The molecule has 0 heterocycles. The molecule has 0 saturated carbocycles. The molecule has 0 bridgehead atoms. The lowest BCUT2D eigenvalue weighted by atomic mass is 10.1. The van der Waals surface area contributed by atoms with E-state index < -0.39 is 6.10 Å². The molecule has 0 aliphatic heterocycles. The number of rotatable bonds is 31. The highest BCUT2D eigenvalue weighted by molar-refractivity contribution is 5.69. The molecule has 0 aliphatic carbocycles. The molecule has 0 aromatic heterocycles. The van der Waals surface area contributed by atoms with Crippen LogP contribution in [-0.2, 0) is 19.1 Å². The number of aliphatic hydroxyl groups is 1. The zero-order valence-electron chi connectivity index (χ0n) is 28.4. The van der Waals surface area contributed by atoms with Crippen LogP contribution in [0.25, 0.3) is 0 Å². The zero-order valence-corrected chi connectivity index (χ0v) is 28.4. The second-order valence-electron chi connectivity index (χ2n) is 11.6. The molecule has 0 spiro atoms. The molecule has 1 unspecified atom stereocenters. The number of allylic oxidation sites excluding steroid dienone is 10. The molecule has 0 saturated heterocycles. The van der Waals surface area contributed by atoms with Gasteiger partial charge in [0.05, 0.1) is 0 Å². The van der Waals surface area contributed by atoms with E-state index in [0.29, 0.717) is 12.8 Å². The van der Waals surface area contributed by atoms with Crippen LogP contribution in [0.1, 0.15) is 155 Å². The van der Waals surface area contributed by atoms with Gasteiger partial charge in [0.15, 0.2) is 0 Å². The van der Waals surface area contributed by atoms with Crippen molar-refractivity contribution in [3.63, 3.8) is 0 Å². The number of unbranched alkanes of at least 4 members (excludes halogenated alkanes) is 13. The van der Waals surface area contributed by atoms with Gasteiger partial charge in [-0.2, -0.15) is 0 Å². The van der Waals surface area contributed by atoms with Gasteiger partial charge in [-0.1, -0.05) is 126 Å². The van der Waals surface area contributed by atoms with E-state index in [1.165, 1.54) is 57.8 Å². The molecule has 0 aliphatic rings. The summed E-state index contributed by atoms with van der Waals surface area (Å²) in [4.78, 5) is 23.8. The lowest BCUT2D eigenvalue weighted by molar-refractivity contribution is -0.152. The molecule has 0 rings (SSSR count). The fourth-order valence-corrected chi connectivity index (χ4v) is 4.54. The highest BCUT2D eigenvalue weighted by Gasteiger charge is 2.12. The summed E-state index contributed by atoms with van der Waals surface area (Å²) in [5, 5.41) is 9.97. The monoisotopic (exact) mass is 614 g/mol. The Morgan fingerprint density at radius 3 is 1.36 bits per heavy atom. The van der Waals surface area contributed by atoms with Gasteiger partial charge >= 0.3 is 11.9 Å². The first-order chi connectivity index (χ1) is 21.6. The number of aliphatic hydroxyl groups excluding tert-OH is 1. The summed E-state index contributed by atoms with van der Waals surface area (Å²) in [7, 11) is 0. The van der Waals surface area contributed by atoms with Crippen LogP contribution in [0.3, 0.4) is 0 Å². The van der Waals surface area contributed by atoms with Crippen molar-refractivity contribution in [2.45, 2.75) is 161 Å². The molecule has 5 heteroatoms. The van der Waals surface area contributed by atoms with Gasteiger partial charge in [-0.3, -0.25) is 9.59 Å². The Balaban J connectivity index is 3.55. The molecule has 1 atom stereocenters. The van der Waals surface area contributed by atoms with Crippen molar-refractivity contribution in [3.05, 3.63) is 60.8 Å². The second kappa shape index (κ2) is 35.1. The van der Waals surface area contributed by atoms with Crippen LogP contribution in [0.4, 0.5) is 0 Å². The van der Waals surface area contributed by atoms with Crippen molar-refractivity contribution < 1.29 is 24.2 Å². The van der Waals surface area contributed by atoms with Gasteiger partial charge in [-0.25, -0.2) is 0 Å². The molecule has 0 aromatic carbocycles. The third-order valence-electron chi connectivity index (χ3n) is 7.24. The highest BCUT2D eigenvalue weighted by Crippen LogP contribution is 2.10. The van der Waals surface area contributed by atoms with Crippen LogP contribution in [0, 0.1) is 0 Å². The predicted octanol–water partition coefficient (Wildman–Crippen LogP) is 10.8. The lowest BCUT2D eigenvalue weighted by Gasteiger charge is -2.12. The molecule has 44 heavy (non-hydrogen) atoms. The van der Waals surface area contributed by atoms with Crippen LogP contribution < -0.4 is 0 Å². The van der Waals surface area contributed by atoms with Crippen molar-refractivity contribution in [1.29, 1.82) is 0 Å². The molecule has 252 valence electrons. The lowest BCUT2D eigenvalue weighted by Crippen LogP contribution is -2.25. The van der Waals surface area contributed by atoms with Crippen molar-refractivity contribution in [2.75, 3.05) is 13.2 Å². The maximum Gasteiger partial charge on any atom is 0.305 e. The summed E-state index contributed by atoms with van der Waals surface area (Å²) in [6.07, 6.45) is 44.1. The molecule has 1 N–H and O–H groups in total. The third-order valence-corrected chi connectivity index (χ3v) is 7.24. The van der Waals surface area contributed by atoms with E-state index in [1.54, 1.807) is 0 Å². The average Bonchev–Trinajstić information content (AvgIpc) is 3.02. The van der Waals surface area contributed by atoms with Gasteiger partial charge in [0.2, 0.25) is 0 Å². The Morgan fingerprint density at radius 1 is 0.500 bits per heavy atom. The average molecular weight is 615 g/mol. The highest BCUT2D eigenvalue weighted by atomic mass is 16.6. The minimum absolute atomic E-state index is 0.136. The summed E-state index contributed by atoms with van der Waals surface area (Å²) in [5.74, 6) is -0.627. The van der Waals surface area contributed by atoms with Crippen molar-refractivity contribution in [2.24, 2.45) is 0 Å². The van der Waals surface area contributed by atoms with E-state index in [2.05, 4.69) is 74.6 Å². The Morgan fingerprint density at radius 2 is 0.864 bits per heavy atom. The van der Waals surface area contributed by atoms with Gasteiger partial charge in [0.25, 0.3) is 0 Å². The fourth-order valence-electron chi connectivity index (χ4n) is 4.54. The molecule has 0 amide bonds. The van der Waals surface area contributed by atoms with Crippen molar-refractivity contribution in [1.82, 2.24) is 0 Å². The van der Waals surface area contributed by atoms with Crippen LogP contribution in [0.15, 0.2) is 60.8 Å². The minimum atomic E-state index is -0.985. The Kier molecular flexibility index (Phi) is 33.2. The zero-order chi connectivity index (χ0) is 32.2. The van der Waals surface area contributed by atoms with Crippen LogP contribution >= 0.6 is 0 Å². The largest absolute Gasteiger partial charge is 0.463 e. The van der Waals surface area contributed by atoms with E-state index in [0.717, 1.165) is 70.6 Å². The smallest absolute Gasteiger partial charge is 0.305 e. The summed E-state index contributed by atoms with van der Waals surface area (Å²) in [5.41, 5.74) is 0. The van der Waals surface area contributed by atoms with E-state index in [-0.39, 0.29) is 25.2 Å². The number of carbonyl (C=O) groups excluding carboxylic acids is 2. The number of carbonyl (C=O) groups is 2. The summed E-state index contributed by atoms with van der Waals surface area (Å²) in [6, 6.07) is 0. The first-order valence-electron chi connectivity index (χ1n) is 17.8. The van der Waals surface area contributed by atoms with E-state index in [9.17, 15) is 14.7 Å². The second-order valence-corrected chi connectivity index (χ2v) is 11.6. The number of esters is 2. The van der Waals surface area contributed by atoms with Gasteiger partial charge in [-0.15, -0.1) is 0 Å². The SMILES string of the molecule is CC/C=C\C/C=C\C/C=C\C/C=C\CCCCC(=O)OCC(O)COC(=O)CCCCCCC/C=C\CCCCCCCC. The maximum atomic E-state index is 11.9. The van der Waals surface area contributed by atoms with Gasteiger partial charge in [-0.05, 0) is 77.0 Å². The van der Waals surface area contributed by atoms with Crippen molar-refractivity contribution >= 4 is 11.9 Å². The quantitative estimate of drug-likeness (QED) is 0.0478. The standard InChI is InChI=1S/C39H66O5/c1-3-5-7-9-11-13-15-17-19-21-23-25-27-29-31-33-38(41)43-35-37(40)36-44-39(42)34-32-30-28-26-24-22-20-18-16-14-12-10-8-6-4-2/h5,7,11,13,17-20,23,25,37,40H,3-4,6,8-10,12,14-16,21-22,24,26-36H2,1-2H3/b7-5-,13-11-,19-17-,20-18-,25-23-. The molecule has 5 nitrogen and oxygen atoms in total. The third kappa shape index (κ3) is 34.1. The number of hydrogen-bond acceptors (Lipinski definition) is 5. The maximum absolute atomic E-state index is 11.9. The minimum Gasteiger partial charge on any atom is -0.463 e. The summed E-state index contributed by atoms with van der Waals surface area (Å²) < 4.78 is 10.3. The van der Waals surface area contributed by atoms with E-state index in [1.807, 2.05) is 0 Å². The van der Waals surface area contributed by atoms with Crippen molar-refractivity contribution in [3.8, 4) is 0 Å². The van der Waals surface area contributed by atoms with Gasteiger partial charge in [0, 0.05) is 12.8 Å². The Labute approximate surface area is 271 Å². The number of ether oxygens (including phenoxy) is 2. The van der Waals surface area contributed by atoms with Crippen LogP contribution in [0.2, 0.25) is 0 Å². The molecular formula is C39H66O5. The van der Waals surface area contributed by atoms with Crippen LogP contribution in [0.5, 0.6) is 0 Å². The van der Waals surface area contributed by atoms with E-state index >= 15 is 0 Å². The molecule has 0 fully saturated rings. The van der Waals surface area contributed by atoms with Gasteiger partial charge in [0.1, 0.15) is 19.3 Å². The summed E-state index contributed by atoms with van der Waals surface area (Å²) >= 11 is 0. The number of hydrogen-bond donors (Lipinski definition) is 1. The van der Waals surface area contributed by atoms with Gasteiger partial charge < -0.3 is 14.6 Å².